The molecule has 0 heterocycles. The van der Waals surface area contributed by atoms with Crippen LogP contribution < -0.4 is 10.1 Å². The van der Waals surface area contributed by atoms with Crippen LogP contribution in [-0.2, 0) is 12.8 Å². The maximum atomic E-state index is 12.8. The minimum absolute atomic E-state index is 0.0838. The first-order valence-corrected chi connectivity index (χ1v) is 8.18. The molecule has 0 radical (unpaired) electrons. The minimum atomic E-state index is -4.41. The molecule has 0 aliphatic carbocycles. The Morgan fingerprint density at radius 2 is 1.59 bits per heavy atom. The van der Waals surface area contributed by atoms with Crippen LogP contribution in [0.2, 0.25) is 0 Å². The number of carbonyl (C=O) groups is 1. The van der Waals surface area contributed by atoms with Crippen LogP contribution in [-0.4, -0.2) is 5.91 Å². The largest absolute Gasteiger partial charge is 0.488 e. The van der Waals surface area contributed by atoms with Crippen molar-refractivity contribution < 1.29 is 22.7 Å². The molecule has 1 amide bonds. The van der Waals surface area contributed by atoms with Crippen molar-refractivity contribution in [3.8, 4) is 5.75 Å². The fourth-order valence-corrected chi connectivity index (χ4v) is 2.50. The fraction of sp³-hybridized carbons (Fsp3) is 0.0952. The van der Waals surface area contributed by atoms with Crippen LogP contribution in [0, 0.1) is 0 Å². The van der Waals surface area contributed by atoms with E-state index in [9.17, 15) is 18.0 Å². The molecule has 6 heteroatoms. The second kappa shape index (κ2) is 7.95. The molecule has 0 bridgehead atoms. The van der Waals surface area contributed by atoms with Crippen LogP contribution in [0.5, 0.6) is 5.75 Å². The van der Waals surface area contributed by atoms with Gasteiger partial charge in [-0.15, -0.1) is 0 Å². The molecule has 0 aliphatic heterocycles. The lowest BCUT2D eigenvalue weighted by atomic mass is 10.1. The lowest BCUT2D eigenvalue weighted by Crippen LogP contribution is -2.13. The summed E-state index contributed by atoms with van der Waals surface area (Å²) in [7, 11) is 0. The van der Waals surface area contributed by atoms with Crippen molar-refractivity contribution in [2.45, 2.75) is 12.8 Å². The van der Waals surface area contributed by atoms with E-state index in [1.807, 2.05) is 6.07 Å². The molecule has 1 N–H and O–H groups in total. The van der Waals surface area contributed by atoms with Gasteiger partial charge >= 0.3 is 6.18 Å². The van der Waals surface area contributed by atoms with Gasteiger partial charge < -0.3 is 10.1 Å². The number of nitrogens with one attached hydrogen (secondary N) is 1. The highest BCUT2D eigenvalue weighted by Crippen LogP contribution is 2.30. The average Bonchev–Trinajstić information content (AvgIpc) is 2.67. The maximum absolute atomic E-state index is 12.8. The Hall–Kier alpha value is -3.28. The molecule has 0 atom stereocenters. The number of halogens is 3. The van der Waals surface area contributed by atoms with E-state index in [4.69, 9.17) is 4.74 Å². The van der Waals surface area contributed by atoms with Crippen molar-refractivity contribution in [2.24, 2.45) is 0 Å². The zero-order chi connectivity index (χ0) is 19.3. The van der Waals surface area contributed by atoms with Crippen molar-refractivity contribution in [1.29, 1.82) is 0 Å². The van der Waals surface area contributed by atoms with Crippen LogP contribution in [0.15, 0.2) is 78.9 Å². The van der Waals surface area contributed by atoms with E-state index in [2.05, 4.69) is 5.32 Å². The van der Waals surface area contributed by atoms with Crippen molar-refractivity contribution in [1.82, 2.24) is 0 Å². The fourth-order valence-electron chi connectivity index (χ4n) is 2.50. The Kier molecular flexibility index (Phi) is 5.45. The molecule has 0 saturated carbocycles. The second-order valence-corrected chi connectivity index (χ2v) is 5.80. The van der Waals surface area contributed by atoms with Crippen LogP contribution in [0.25, 0.3) is 0 Å². The Bertz CT molecular complexity index is 924. The molecule has 3 rings (SSSR count). The third kappa shape index (κ3) is 4.88. The first kappa shape index (κ1) is 18.5. The zero-order valence-electron chi connectivity index (χ0n) is 14.2. The molecule has 3 nitrogen and oxygen atoms in total. The van der Waals surface area contributed by atoms with Crippen LogP contribution in [0.4, 0.5) is 18.9 Å². The van der Waals surface area contributed by atoms with Gasteiger partial charge in [-0.25, -0.2) is 0 Å². The summed E-state index contributed by atoms with van der Waals surface area (Å²) in [6, 6.07) is 20.4. The van der Waals surface area contributed by atoms with E-state index in [1.165, 1.54) is 6.07 Å². The van der Waals surface area contributed by atoms with E-state index >= 15 is 0 Å². The van der Waals surface area contributed by atoms with E-state index in [-0.39, 0.29) is 12.5 Å². The number of amides is 1. The third-order valence-corrected chi connectivity index (χ3v) is 3.81. The normalized spacial score (nSPS) is 11.1. The number of ether oxygens (including phenoxy) is 1. The smallest absolute Gasteiger partial charge is 0.416 e. The van der Waals surface area contributed by atoms with Gasteiger partial charge in [0, 0.05) is 5.69 Å². The zero-order valence-corrected chi connectivity index (χ0v) is 14.2. The summed E-state index contributed by atoms with van der Waals surface area (Å²) < 4.78 is 44.1. The van der Waals surface area contributed by atoms with E-state index in [0.717, 1.165) is 12.1 Å². The Morgan fingerprint density at radius 3 is 2.33 bits per heavy atom. The van der Waals surface area contributed by atoms with Crippen LogP contribution in [0.3, 0.4) is 0 Å². The summed E-state index contributed by atoms with van der Waals surface area (Å²) in [5.41, 5.74) is 0.560. The number of carbonyl (C=O) groups excluding carboxylic acids is 1. The molecular formula is C21H16F3NO2. The highest BCUT2D eigenvalue weighted by molar-refractivity contribution is 6.06. The summed E-state index contributed by atoms with van der Waals surface area (Å²) >= 11 is 0. The third-order valence-electron chi connectivity index (χ3n) is 3.81. The number of rotatable bonds is 5. The summed E-state index contributed by atoms with van der Waals surface area (Å²) in [5, 5.41) is 2.76. The molecule has 0 saturated heterocycles. The number of anilines is 1. The summed E-state index contributed by atoms with van der Waals surface area (Å²) in [6.45, 7) is -0.0838. The molecule has 0 aromatic heterocycles. The molecule has 138 valence electrons. The molecule has 3 aromatic rings. The van der Waals surface area contributed by atoms with Gasteiger partial charge in [-0.3, -0.25) is 4.79 Å². The first-order valence-electron chi connectivity index (χ1n) is 8.18. The van der Waals surface area contributed by atoms with Gasteiger partial charge in [0.1, 0.15) is 12.4 Å². The van der Waals surface area contributed by atoms with Crippen molar-refractivity contribution in [2.75, 3.05) is 5.32 Å². The van der Waals surface area contributed by atoms with Crippen molar-refractivity contribution >= 4 is 11.6 Å². The highest BCUT2D eigenvalue weighted by atomic mass is 19.4. The van der Waals surface area contributed by atoms with Gasteiger partial charge in [0.15, 0.2) is 0 Å². The molecule has 0 spiro atoms. The number of para-hydroxylation sites is 2. The van der Waals surface area contributed by atoms with E-state index < -0.39 is 11.7 Å². The van der Waals surface area contributed by atoms with Crippen molar-refractivity contribution in [3.05, 3.63) is 95.6 Å². The van der Waals surface area contributed by atoms with Crippen LogP contribution in [0.1, 0.15) is 21.5 Å². The monoisotopic (exact) mass is 371 g/mol. The van der Waals surface area contributed by atoms with Gasteiger partial charge in [0.25, 0.3) is 5.91 Å². The number of hydrogen-bond acceptors (Lipinski definition) is 2. The number of alkyl halides is 3. The molecule has 0 aliphatic rings. The molecule has 0 fully saturated rings. The van der Waals surface area contributed by atoms with Crippen LogP contribution >= 0.6 is 0 Å². The lowest BCUT2D eigenvalue weighted by molar-refractivity contribution is -0.137. The van der Waals surface area contributed by atoms with Crippen molar-refractivity contribution in [3.63, 3.8) is 0 Å². The SMILES string of the molecule is O=C(Nc1ccccc1)c1ccccc1OCc1cccc(C(F)(F)F)c1. The minimum Gasteiger partial charge on any atom is -0.488 e. The predicted octanol–water partition coefficient (Wildman–Crippen LogP) is 5.54. The molecule has 3 aromatic carbocycles. The van der Waals surface area contributed by atoms with Gasteiger partial charge in [-0.2, -0.15) is 13.2 Å². The summed E-state index contributed by atoms with van der Waals surface area (Å²) in [6.07, 6.45) is -4.41. The quantitative estimate of drug-likeness (QED) is 0.640. The lowest BCUT2D eigenvalue weighted by Gasteiger charge is -2.13. The van der Waals surface area contributed by atoms with Gasteiger partial charge in [-0.05, 0) is 42.0 Å². The second-order valence-electron chi connectivity index (χ2n) is 5.80. The van der Waals surface area contributed by atoms with Gasteiger partial charge in [-0.1, -0.05) is 42.5 Å². The predicted molar refractivity (Wildman–Crippen MR) is 96.6 cm³/mol. The average molecular weight is 371 g/mol. The molecular weight excluding hydrogens is 355 g/mol. The Balaban J connectivity index is 1.74. The van der Waals surface area contributed by atoms with E-state index in [1.54, 1.807) is 54.6 Å². The highest BCUT2D eigenvalue weighted by Gasteiger charge is 2.30. The van der Waals surface area contributed by atoms with Gasteiger partial charge in [0.05, 0.1) is 11.1 Å². The standard InChI is InChI=1S/C21H16F3NO2/c22-21(23,24)16-8-6-7-15(13-16)14-27-19-12-5-4-11-18(19)20(26)25-17-9-2-1-3-10-17/h1-13H,14H2,(H,25,26). The topological polar surface area (TPSA) is 38.3 Å². The molecule has 0 unspecified atom stereocenters. The summed E-state index contributed by atoms with van der Waals surface area (Å²) in [5.74, 6) is -0.0656. The van der Waals surface area contributed by atoms with Gasteiger partial charge in [0.2, 0.25) is 0 Å². The Labute approximate surface area is 154 Å². The summed E-state index contributed by atoms with van der Waals surface area (Å²) in [4.78, 5) is 12.5. The number of hydrogen-bond donors (Lipinski definition) is 1. The maximum Gasteiger partial charge on any atom is 0.416 e. The molecule has 27 heavy (non-hydrogen) atoms. The van der Waals surface area contributed by atoms with E-state index in [0.29, 0.717) is 22.6 Å². The Morgan fingerprint density at radius 1 is 0.889 bits per heavy atom. The first-order chi connectivity index (χ1) is 12.9. The number of benzene rings is 3.